The number of carbonyl (C=O) groups is 2. The third-order valence-electron chi connectivity index (χ3n) is 10.0. The number of rotatable bonds is 7. The lowest BCUT2D eigenvalue weighted by Crippen LogP contribution is -2.46. The summed E-state index contributed by atoms with van der Waals surface area (Å²) in [6, 6.07) is 7.63. The van der Waals surface area contributed by atoms with Crippen LogP contribution in [0.4, 0.5) is 5.69 Å². The lowest BCUT2D eigenvalue weighted by Gasteiger charge is -2.41. The first-order valence-corrected chi connectivity index (χ1v) is 15.9. The number of hydrogen-bond donors (Lipinski definition) is 0. The van der Waals surface area contributed by atoms with Crippen LogP contribution < -0.4 is 4.90 Å². The number of fused-ring (bicyclic) bond motifs is 3. The molecule has 4 aliphatic heterocycles. The molecular weight excluding hydrogens is 538 g/mol. The average molecular weight is 582 g/mol. The Kier molecular flexibility index (Phi) is 8.44. The molecule has 0 unspecified atom stereocenters. The van der Waals surface area contributed by atoms with Crippen LogP contribution in [0.5, 0.6) is 0 Å². The van der Waals surface area contributed by atoms with E-state index in [0.29, 0.717) is 49.5 Å². The molecule has 0 radical (unpaired) electrons. The summed E-state index contributed by atoms with van der Waals surface area (Å²) in [6.07, 6.45) is 8.20. The third kappa shape index (κ3) is 5.80. The van der Waals surface area contributed by atoms with Crippen molar-refractivity contribution >= 4 is 29.1 Å². The van der Waals surface area contributed by atoms with Crippen molar-refractivity contribution in [3.8, 4) is 0 Å². The molecule has 0 N–H and O–H groups in total. The van der Waals surface area contributed by atoms with Crippen molar-refractivity contribution in [2.75, 3.05) is 37.7 Å². The predicted octanol–water partition coefficient (Wildman–Crippen LogP) is 5.08. The van der Waals surface area contributed by atoms with Crippen molar-refractivity contribution in [3.05, 3.63) is 46.0 Å². The summed E-state index contributed by atoms with van der Waals surface area (Å²) in [5.74, 6) is 1.45. The molecule has 4 aliphatic rings. The van der Waals surface area contributed by atoms with Crippen LogP contribution >= 0.6 is 11.6 Å². The van der Waals surface area contributed by atoms with Crippen LogP contribution in [0.2, 0.25) is 5.02 Å². The molecule has 0 aliphatic carbocycles. The fraction of sp³-hybridized carbons (Fsp3) is 0.656. The fourth-order valence-electron chi connectivity index (χ4n) is 7.81. The first-order chi connectivity index (χ1) is 19.8. The van der Waals surface area contributed by atoms with Crippen molar-refractivity contribution in [2.45, 2.75) is 96.8 Å². The van der Waals surface area contributed by atoms with Gasteiger partial charge in [-0.05, 0) is 76.5 Å². The Morgan fingerprint density at radius 3 is 2.49 bits per heavy atom. The summed E-state index contributed by atoms with van der Waals surface area (Å²) in [6.45, 7) is 10.2. The lowest BCUT2D eigenvalue weighted by molar-refractivity contribution is -0.129. The van der Waals surface area contributed by atoms with Gasteiger partial charge in [-0.1, -0.05) is 17.7 Å². The van der Waals surface area contributed by atoms with Gasteiger partial charge in [0.2, 0.25) is 11.8 Å². The molecule has 6 rings (SSSR count). The Bertz CT molecular complexity index is 1270. The molecule has 0 spiro atoms. The van der Waals surface area contributed by atoms with Crippen LogP contribution in [-0.4, -0.2) is 76.1 Å². The second kappa shape index (κ2) is 12.1. The largest absolute Gasteiger partial charge is 0.381 e. The molecule has 1 aromatic heterocycles. The van der Waals surface area contributed by atoms with Crippen LogP contribution in [0.3, 0.4) is 0 Å². The predicted molar refractivity (Wildman–Crippen MR) is 160 cm³/mol. The summed E-state index contributed by atoms with van der Waals surface area (Å²) >= 11 is 6.49. The topological polar surface area (TPSA) is 70.9 Å². The van der Waals surface area contributed by atoms with E-state index in [2.05, 4.69) is 16.4 Å². The first-order valence-electron chi connectivity index (χ1n) is 15.5. The van der Waals surface area contributed by atoms with E-state index in [1.54, 1.807) is 6.92 Å². The van der Waals surface area contributed by atoms with Crippen molar-refractivity contribution in [1.82, 2.24) is 19.4 Å². The van der Waals surface area contributed by atoms with E-state index in [4.69, 9.17) is 21.3 Å². The smallest absolute Gasteiger partial charge is 0.230 e. The van der Waals surface area contributed by atoms with Crippen LogP contribution in [0.1, 0.15) is 80.7 Å². The second-order valence-electron chi connectivity index (χ2n) is 12.5. The zero-order valence-corrected chi connectivity index (χ0v) is 25.5. The highest BCUT2D eigenvalue weighted by Gasteiger charge is 2.42. The van der Waals surface area contributed by atoms with Crippen LogP contribution in [0.25, 0.3) is 0 Å². The van der Waals surface area contributed by atoms with Gasteiger partial charge < -0.3 is 19.1 Å². The third-order valence-corrected chi connectivity index (χ3v) is 10.4. The highest BCUT2D eigenvalue weighted by atomic mass is 35.5. The van der Waals surface area contributed by atoms with Gasteiger partial charge in [-0.2, -0.15) is 0 Å². The molecule has 9 heteroatoms. The number of ether oxygens (including phenoxy) is 1. The maximum Gasteiger partial charge on any atom is 0.230 e. The number of halogens is 1. The molecule has 1 aromatic carbocycles. The van der Waals surface area contributed by atoms with E-state index in [1.165, 1.54) is 18.5 Å². The molecule has 8 nitrogen and oxygen atoms in total. The number of hydrogen-bond acceptors (Lipinski definition) is 5. The van der Waals surface area contributed by atoms with Gasteiger partial charge >= 0.3 is 0 Å². The standard InChI is InChI=1S/C32H44ClN5O3/c1-21-5-6-27(19-29(21)33)37(32(40)24-10-15-41-16-11-24)13-4-12-36-25-7-8-26(36)18-28(17-25)38-22(2)34-30-20-35(23(3)39)14-9-31(30)38/h5-6,19,24-26,28H,4,7-18,20H2,1-3H3/t25-,26-/m0/s1. The van der Waals surface area contributed by atoms with Gasteiger partial charge in [-0.15, -0.1) is 0 Å². The van der Waals surface area contributed by atoms with Gasteiger partial charge in [0.25, 0.3) is 0 Å². The quantitative estimate of drug-likeness (QED) is 0.456. The fourth-order valence-corrected chi connectivity index (χ4v) is 7.98. The first kappa shape index (κ1) is 28.7. The Labute approximate surface area is 249 Å². The Hall–Kier alpha value is -2.42. The van der Waals surface area contributed by atoms with E-state index >= 15 is 0 Å². The minimum Gasteiger partial charge on any atom is -0.381 e. The Morgan fingerprint density at radius 2 is 1.80 bits per heavy atom. The average Bonchev–Trinajstić information content (AvgIpc) is 3.42. The number of imidazole rings is 1. The van der Waals surface area contributed by atoms with Gasteiger partial charge in [-0.3, -0.25) is 14.5 Å². The van der Waals surface area contributed by atoms with Crippen molar-refractivity contribution in [3.63, 3.8) is 0 Å². The molecule has 2 bridgehead atoms. The van der Waals surface area contributed by atoms with Gasteiger partial charge in [-0.25, -0.2) is 4.98 Å². The Balaban J connectivity index is 1.11. The van der Waals surface area contributed by atoms with Crippen LogP contribution in [0, 0.1) is 19.8 Å². The number of anilines is 1. The monoisotopic (exact) mass is 581 g/mol. The van der Waals surface area contributed by atoms with Crippen LogP contribution in [0.15, 0.2) is 18.2 Å². The number of benzene rings is 1. The zero-order valence-electron chi connectivity index (χ0n) is 24.8. The van der Waals surface area contributed by atoms with Crippen molar-refractivity contribution in [1.29, 1.82) is 0 Å². The SMILES string of the molecule is CC(=O)N1CCc2c(nc(C)n2C2C[C@@H]3CC[C@@H](C2)N3CCCN(C(=O)C2CCOCC2)c2ccc(C)c(Cl)c2)C1. The number of piperidine rings is 1. The van der Waals surface area contributed by atoms with E-state index in [0.717, 1.165) is 74.4 Å². The minimum absolute atomic E-state index is 0.0163. The van der Waals surface area contributed by atoms with Gasteiger partial charge in [0.15, 0.2) is 0 Å². The molecule has 222 valence electrons. The normalized spacial score (nSPS) is 24.9. The van der Waals surface area contributed by atoms with Crippen LogP contribution in [-0.2, 0) is 27.3 Å². The van der Waals surface area contributed by atoms with Gasteiger partial charge in [0.05, 0.1) is 12.2 Å². The number of carbonyl (C=O) groups excluding carboxylic acids is 2. The van der Waals surface area contributed by atoms with Crippen molar-refractivity contribution < 1.29 is 14.3 Å². The van der Waals surface area contributed by atoms with E-state index < -0.39 is 0 Å². The maximum absolute atomic E-state index is 13.7. The summed E-state index contributed by atoms with van der Waals surface area (Å²) in [5, 5.41) is 0.707. The molecule has 3 saturated heterocycles. The van der Waals surface area contributed by atoms with Gasteiger partial charge in [0, 0.05) is 86.6 Å². The van der Waals surface area contributed by atoms with Crippen molar-refractivity contribution in [2.24, 2.45) is 5.92 Å². The number of amides is 2. The molecular formula is C32H44ClN5O3. The van der Waals surface area contributed by atoms with E-state index in [9.17, 15) is 9.59 Å². The highest BCUT2D eigenvalue weighted by molar-refractivity contribution is 6.31. The number of nitrogens with zero attached hydrogens (tertiary/aromatic N) is 5. The molecule has 2 atom stereocenters. The van der Waals surface area contributed by atoms with E-state index in [-0.39, 0.29) is 17.7 Å². The van der Waals surface area contributed by atoms with Gasteiger partial charge in [0.1, 0.15) is 5.82 Å². The van der Waals surface area contributed by atoms with E-state index in [1.807, 2.05) is 34.9 Å². The molecule has 2 amide bonds. The second-order valence-corrected chi connectivity index (χ2v) is 12.9. The number of aryl methyl sites for hydroxylation is 2. The lowest BCUT2D eigenvalue weighted by atomic mass is 9.95. The highest BCUT2D eigenvalue weighted by Crippen LogP contribution is 2.42. The maximum atomic E-state index is 13.7. The molecule has 2 aromatic rings. The molecule has 3 fully saturated rings. The molecule has 41 heavy (non-hydrogen) atoms. The molecule has 5 heterocycles. The Morgan fingerprint density at radius 1 is 1.07 bits per heavy atom. The summed E-state index contributed by atoms with van der Waals surface area (Å²) in [4.78, 5) is 37.2. The number of aromatic nitrogens is 2. The summed E-state index contributed by atoms with van der Waals surface area (Å²) in [5.41, 5.74) is 4.36. The minimum atomic E-state index is 0.0163. The summed E-state index contributed by atoms with van der Waals surface area (Å²) < 4.78 is 8.05. The zero-order chi connectivity index (χ0) is 28.7. The summed E-state index contributed by atoms with van der Waals surface area (Å²) in [7, 11) is 0. The molecule has 0 saturated carbocycles.